The molecule has 3 aromatic carbocycles. The molecule has 2 saturated heterocycles. The van der Waals surface area contributed by atoms with Gasteiger partial charge in [0.2, 0.25) is 0 Å². The van der Waals surface area contributed by atoms with E-state index < -0.39 is 48.3 Å². The molecular weight excluding hydrogens is 620 g/mol. The molecule has 2 fully saturated rings. The number of carbonyl (C=O) groups is 4. The van der Waals surface area contributed by atoms with Crippen molar-refractivity contribution in [2.45, 2.75) is 57.0 Å². The Labute approximate surface area is 278 Å². The minimum Gasteiger partial charge on any atom is -0.494 e. The molecule has 11 heteroatoms. The van der Waals surface area contributed by atoms with Gasteiger partial charge in [0, 0.05) is 6.08 Å². The number of carbonyl (C=O) groups excluding carboxylic acids is 4. The topological polar surface area (TPSA) is 133 Å². The van der Waals surface area contributed by atoms with Crippen molar-refractivity contribution < 1.29 is 52.3 Å². The first-order valence-corrected chi connectivity index (χ1v) is 15.9. The Morgan fingerprint density at radius 1 is 0.667 bits per heavy atom. The van der Waals surface area contributed by atoms with Crippen LogP contribution in [0.4, 0.5) is 0 Å². The lowest BCUT2D eigenvalue weighted by Crippen LogP contribution is -2.36. The summed E-state index contributed by atoms with van der Waals surface area (Å²) in [5.74, 6) is -1.13. The molecule has 0 aromatic heterocycles. The molecule has 2 unspecified atom stereocenters. The normalized spacial score (nSPS) is 19.5. The molecule has 2 aliphatic heterocycles. The second-order valence-corrected chi connectivity index (χ2v) is 11.4. The van der Waals surface area contributed by atoms with E-state index in [-0.39, 0.29) is 24.5 Å². The maximum atomic E-state index is 12.9. The summed E-state index contributed by atoms with van der Waals surface area (Å²) in [4.78, 5) is 49.1. The number of esters is 4. The van der Waals surface area contributed by atoms with Gasteiger partial charge in [-0.25, -0.2) is 19.2 Å². The van der Waals surface area contributed by atoms with Crippen LogP contribution in [0, 0.1) is 6.92 Å². The molecule has 3 aromatic rings. The fourth-order valence-electron chi connectivity index (χ4n) is 5.22. The smallest absolute Gasteiger partial charge is 0.343 e. The molecule has 0 radical (unpaired) electrons. The molecule has 0 bridgehead atoms. The van der Waals surface area contributed by atoms with Crippen molar-refractivity contribution in [1.29, 1.82) is 0 Å². The van der Waals surface area contributed by atoms with Crippen LogP contribution in [0.2, 0.25) is 0 Å². The Hall–Kier alpha value is -5.00. The number of hydrogen-bond donors (Lipinski definition) is 0. The molecule has 11 nitrogen and oxygen atoms in total. The molecule has 48 heavy (non-hydrogen) atoms. The van der Waals surface area contributed by atoms with Crippen LogP contribution in [-0.2, 0) is 28.5 Å². The third kappa shape index (κ3) is 9.30. The van der Waals surface area contributed by atoms with E-state index in [9.17, 15) is 19.2 Å². The van der Waals surface area contributed by atoms with Gasteiger partial charge in [0.15, 0.2) is 12.2 Å². The summed E-state index contributed by atoms with van der Waals surface area (Å²) >= 11 is 0. The largest absolute Gasteiger partial charge is 0.494 e. The van der Waals surface area contributed by atoms with E-state index in [2.05, 4.69) is 6.58 Å². The van der Waals surface area contributed by atoms with Crippen molar-refractivity contribution in [3.63, 3.8) is 0 Å². The number of unbranched alkanes of at least 4 members (excludes halogenated alkanes) is 3. The zero-order valence-electron chi connectivity index (χ0n) is 26.7. The SMILES string of the molecule is C=CC(=O)OCCCCCCOc1ccc(C(=O)Oc2ccc(C(=O)O[C@H]3COC4C3OC[C@@H]4OC(=O)c3ccc(C)cc3)cc2)cc1. The van der Waals surface area contributed by atoms with Gasteiger partial charge in [-0.2, -0.15) is 0 Å². The quantitative estimate of drug-likeness (QED) is 0.0681. The first kappa shape index (κ1) is 34.3. The number of aryl methyl sites for hydroxylation is 1. The maximum absolute atomic E-state index is 12.9. The van der Waals surface area contributed by atoms with Crippen molar-refractivity contribution in [3.05, 3.63) is 108 Å². The molecular formula is C37H38O11. The number of fused-ring (bicyclic) bond motifs is 1. The van der Waals surface area contributed by atoms with Crippen LogP contribution < -0.4 is 9.47 Å². The van der Waals surface area contributed by atoms with Crippen LogP contribution in [0.25, 0.3) is 0 Å². The Bertz CT molecular complexity index is 1560. The summed E-state index contributed by atoms with van der Waals surface area (Å²) in [6, 6.07) is 19.7. The molecule has 252 valence electrons. The third-order valence-electron chi connectivity index (χ3n) is 7.88. The molecule has 0 aliphatic carbocycles. The summed E-state index contributed by atoms with van der Waals surface area (Å²) in [5.41, 5.74) is 2.07. The molecule has 2 aliphatic rings. The Balaban J connectivity index is 1.02. The van der Waals surface area contributed by atoms with Crippen LogP contribution in [-0.4, -0.2) is 74.7 Å². The molecule has 0 N–H and O–H groups in total. The van der Waals surface area contributed by atoms with Crippen LogP contribution in [0.5, 0.6) is 11.5 Å². The van der Waals surface area contributed by atoms with Crippen LogP contribution in [0.15, 0.2) is 85.5 Å². The van der Waals surface area contributed by atoms with E-state index in [0.29, 0.717) is 30.1 Å². The first-order valence-electron chi connectivity index (χ1n) is 15.9. The average molecular weight is 659 g/mol. The summed E-state index contributed by atoms with van der Waals surface area (Å²) in [6.45, 7) is 6.44. The molecule has 5 rings (SSSR count). The minimum atomic E-state index is -0.671. The Morgan fingerprint density at radius 3 is 1.69 bits per heavy atom. The van der Waals surface area contributed by atoms with Crippen molar-refractivity contribution in [2.24, 2.45) is 0 Å². The van der Waals surface area contributed by atoms with Gasteiger partial charge >= 0.3 is 23.9 Å². The van der Waals surface area contributed by atoms with Crippen LogP contribution >= 0.6 is 0 Å². The van der Waals surface area contributed by atoms with Gasteiger partial charge in [0.05, 0.1) is 43.1 Å². The molecule has 2 heterocycles. The Kier molecular flexibility index (Phi) is 12.0. The molecule has 0 saturated carbocycles. The zero-order valence-corrected chi connectivity index (χ0v) is 26.7. The van der Waals surface area contributed by atoms with E-state index in [0.717, 1.165) is 37.3 Å². The summed E-state index contributed by atoms with van der Waals surface area (Å²) in [7, 11) is 0. The average Bonchev–Trinajstić information content (AvgIpc) is 3.69. The summed E-state index contributed by atoms with van der Waals surface area (Å²) in [5, 5.41) is 0. The highest BCUT2D eigenvalue weighted by atomic mass is 16.7. The van der Waals surface area contributed by atoms with Gasteiger partial charge in [-0.15, -0.1) is 0 Å². The van der Waals surface area contributed by atoms with Crippen LogP contribution in [0.3, 0.4) is 0 Å². The fourth-order valence-corrected chi connectivity index (χ4v) is 5.22. The van der Waals surface area contributed by atoms with Crippen molar-refractivity contribution in [2.75, 3.05) is 26.4 Å². The predicted octanol–water partition coefficient (Wildman–Crippen LogP) is 5.43. The third-order valence-corrected chi connectivity index (χ3v) is 7.88. The Morgan fingerprint density at radius 2 is 1.15 bits per heavy atom. The lowest BCUT2D eigenvalue weighted by molar-refractivity contribution is -0.137. The standard InChI is InChI=1S/C37H38O11/c1-3-32(38)43-21-7-5-4-6-20-42-28-16-12-26(13-17-28)35(39)46-29-18-14-27(15-19-29)37(41)48-31-23-45-33-30(22-44-34(31)33)47-36(40)25-10-8-24(2)9-11-25/h3,8-19,30-31,33-34H,1,4-7,20-23H2,2H3/t30-,31-,33?,34?/m0/s1. The van der Waals surface area contributed by atoms with Gasteiger partial charge in [0.25, 0.3) is 0 Å². The summed E-state index contributed by atoms with van der Waals surface area (Å²) < 4.78 is 39.0. The number of ether oxygens (including phenoxy) is 7. The van der Waals surface area contributed by atoms with E-state index in [1.54, 1.807) is 36.4 Å². The highest BCUT2D eigenvalue weighted by molar-refractivity contribution is 5.92. The zero-order chi connectivity index (χ0) is 33.9. The van der Waals surface area contributed by atoms with Crippen LogP contribution in [0.1, 0.15) is 62.3 Å². The molecule has 0 spiro atoms. The predicted molar refractivity (Wildman–Crippen MR) is 172 cm³/mol. The van der Waals surface area contributed by atoms with Crippen molar-refractivity contribution in [3.8, 4) is 11.5 Å². The highest BCUT2D eigenvalue weighted by Gasteiger charge is 2.51. The second-order valence-electron chi connectivity index (χ2n) is 11.4. The fraction of sp³-hybridized carbons (Fsp3) is 0.351. The molecule has 4 atom stereocenters. The second kappa shape index (κ2) is 16.7. The van der Waals surface area contributed by atoms with Gasteiger partial charge in [-0.05, 0) is 93.3 Å². The maximum Gasteiger partial charge on any atom is 0.343 e. The molecule has 0 amide bonds. The van der Waals surface area contributed by atoms with Gasteiger partial charge < -0.3 is 33.2 Å². The number of hydrogen-bond acceptors (Lipinski definition) is 11. The first-order chi connectivity index (χ1) is 23.3. The lowest BCUT2D eigenvalue weighted by atomic mass is 10.1. The van der Waals surface area contributed by atoms with Crippen molar-refractivity contribution >= 4 is 23.9 Å². The lowest BCUT2D eigenvalue weighted by Gasteiger charge is -2.17. The highest BCUT2D eigenvalue weighted by Crippen LogP contribution is 2.31. The number of benzene rings is 3. The monoisotopic (exact) mass is 658 g/mol. The van der Waals surface area contributed by atoms with E-state index in [4.69, 9.17) is 33.2 Å². The van der Waals surface area contributed by atoms with Gasteiger partial charge in [-0.1, -0.05) is 24.3 Å². The number of rotatable bonds is 15. The minimum absolute atomic E-state index is 0.107. The van der Waals surface area contributed by atoms with E-state index >= 15 is 0 Å². The van der Waals surface area contributed by atoms with E-state index in [1.165, 1.54) is 24.3 Å². The summed E-state index contributed by atoms with van der Waals surface area (Å²) in [6.07, 6.45) is 2.24. The van der Waals surface area contributed by atoms with Gasteiger partial charge in [0.1, 0.15) is 23.7 Å². The van der Waals surface area contributed by atoms with Gasteiger partial charge in [-0.3, -0.25) is 0 Å². The van der Waals surface area contributed by atoms with E-state index in [1.807, 2.05) is 19.1 Å². The van der Waals surface area contributed by atoms with Crippen molar-refractivity contribution in [1.82, 2.24) is 0 Å².